The molecule has 0 amide bonds. The van der Waals surface area contributed by atoms with E-state index in [1.165, 1.54) is 24.3 Å². The van der Waals surface area contributed by atoms with Gasteiger partial charge in [-0.1, -0.05) is 66.2 Å². The smallest absolute Gasteiger partial charge is 0.507 e. The molecule has 0 radical (unpaired) electrons. The second-order valence-electron chi connectivity index (χ2n) is 16.6. The first kappa shape index (κ1) is 53.3. The molecule has 3 rings (SSSR count). The van der Waals surface area contributed by atoms with E-state index in [0.717, 1.165) is 63.8 Å². The Morgan fingerprint density at radius 3 is 1.65 bits per heavy atom. The number of benzene rings is 2. The average Bonchev–Trinajstić information content (AvgIpc) is 3.21. The van der Waals surface area contributed by atoms with E-state index in [2.05, 4.69) is 101 Å². The van der Waals surface area contributed by atoms with E-state index in [1.54, 1.807) is 24.2 Å². The van der Waals surface area contributed by atoms with Gasteiger partial charge in [-0.3, -0.25) is 0 Å². The second-order valence-corrected chi connectivity index (χ2v) is 32.4. The van der Waals surface area contributed by atoms with Crippen LogP contribution in [0.5, 0.6) is 11.5 Å². The fourth-order valence-corrected chi connectivity index (χ4v) is 16.0. The predicted octanol–water partition coefficient (Wildman–Crippen LogP) is 11.8. The van der Waals surface area contributed by atoms with Crippen molar-refractivity contribution in [1.82, 2.24) is 15.0 Å². The van der Waals surface area contributed by atoms with Crippen molar-refractivity contribution in [2.45, 2.75) is 108 Å². The van der Waals surface area contributed by atoms with Crippen LogP contribution < -0.4 is 16.0 Å². The van der Waals surface area contributed by atoms with Gasteiger partial charge in [0.1, 0.15) is 22.6 Å². The number of hydrogen-bond acceptors (Lipinski definition) is 15. The molecule has 5 N–H and O–H groups in total. The molecule has 350 valence electrons. The van der Waals surface area contributed by atoms with Gasteiger partial charge in [-0.05, 0) is 48.9 Å². The van der Waals surface area contributed by atoms with Gasteiger partial charge in [0.15, 0.2) is 0 Å². The molecule has 0 bridgehead atoms. The molecule has 3 aromatic rings. The summed E-state index contributed by atoms with van der Waals surface area (Å²) in [6.07, 6.45) is 15.2. The van der Waals surface area contributed by atoms with Gasteiger partial charge in [0, 0.05) is 23.5 Å². The Hall–Kier alpha value is -3.04. The van der Waals surface area contributed by atoms with Gasteiger partial charge in [0.05, 0.1) is 13.2 Å². The number of nitrogens with one attached hydrogen (secondary N) is 3. The Labute approximate surface area is 385 Å². The van der Waals surface area contributed by atoms with Gasteiger partial charge in [0.25, 0.3) is 0 Å². The van der Waals surface area contributed by atoms with Crippen molar-refractivity contribution in [3.63, 3.8) is 0 Å². The predicted molar refractivity (Wildman–Crippen MR) is 270 cm³/mol. The molecule has 2 aromatic carbocycles. The molecule has 0 aliphatic heterocycles. The topological polar surface area (TPSA) is 186 Å². The van der Waals surface area contributed by atoms with Crippen LogP contribution in [0.15, 0.2) is 36.4 Å². The van der Waals surface area contributed by atoms with E-state index in [9.17, 15) is 19.8 Å². The van der Waals surface area contributed by atoms with E-state index >= 15 is 0 Å². The number of rotatable bonds is 29. The van der Waals surface area contributed by atoms with E-state index in [0.29, 0.717) is 34.4 Å². The second kappa shape index (κ2) is 26.7. The Morgan fingerprint density at radius 1 is 0.774 bits per heavy atom. The van der Waals surface area contributed by atoms with Crippen LogP contribution in [0.2, 0.25) is 12.6 Å². The van der Waals surface area contributed by atoms with Crippen LogP contribution in [0.4, 0.5) is 29.2 Å². The minimum absolute atomic E-state index is 0.0611. The van der Waals surface area contributed by atoms with Gasteiger partial charge in [-0.15, -0.1) is 0 Å². The number of ether oxygens (including phenoxy) is 2. The summed E-state index contributed by atoms with van der Waals surface area (Å²) < 4.78 is 24.8. The minimum atomic E-state index is -2.54. The molecule has 0 aliphatic rings. The molecule has 0 fully saturated rings. The third-order valence-corrected chi connectivity index (χ3v) is 23.3. The summed E-state index contributed by atoms with van der Waals surface area (Å²) in [5, 5.41) is 31.3. The first-order chi connectivity index (χ1) is 29.4. The van der Waals surface area contributed by atoms with Crippen molar-refractivity contribution < 1.29 is 37.0 Å². The zero-order chi connectivity index (χ0) is 45.9. The van der Waals surface area contributed by atoms with E-state index in [-0.39, 0.29) is 52.3 Å². The first-order valence-corrected chi connectivity index (χ1v) is 33.3. The molecule has 18 heteroatoms. The summed E-state index contributed by atoms with van der Waals surface area (Å²) >= 11 is 0.510. The zero-order valence-corrected chi connectivity index (χ0v) is 43.6. The van der Waals surface area contributed by atoms with Gasteiger partial charge >= 0.3 is 184 Å². The number of phenols is 2. The number of hydrogen-bond donors (Lipinski definition) is 5. The van der Waals surface area contributed by atoms with Gasteiger partial charge < -0.3 is 19.7 Å². The van der Waals surface area contributed by atoms with Gasteiger partial charge in [-0.2, -0.15) is 0 Å². The number of nitrogens with zero attached hydrogens (tertiary/aromatic N) is 3. The molecule has 0 saturated carbocycles. The number of anilines is 5. The Bertz CT molecular complexity index is 1760. The molecule has 14 nitrogen and oxygen atoms in total. The third-order valence-electron chi connectivity index (χ3n) is 10.1. The fraction of sp³-hybridized carbons (Fsp3) is 0.614. The van der Waals surface area contributed by atoms with Gasteiger partial charge in [0.2, 0.25) is 0 Å². The number of esters is 2. The molecule has 0 spiro atoms. The Kier molecular flexibility index (Phi) is 22.9. The number of phenolic OH excluding ortho intramolecular Hbond substituents is 2. The zero-order valence-electron chi connectivity index (χ0n) is 38.8. The summed E-state index contributed by atoms with van der Waals surface area (Å²) in [5.74, 6) is -0.574. The molecular formula is C44H73IN6O8S2Si. The molecule has 0 aliphatic carbocycles. The summed E-state index contributed by atoms with van der Waals surface area (Å²) in [7, 11) is -3.81. The molecule has 4 unspecified atom stereocenters. The van der Waals surface area contributed by atoms with E-state index < -0.39 is 50.6 Å². The molecule has 0 saturated heterocycles. The van der Waals surface area contributed by atoms with Crippen molar-refractivity contribution >= 4 is 91.9 Å². The van der Waals surface area contributed by atoms with Crippen LogP contribution in [0, 0.1) is 11.8 Å². The van der Waals surface area contributed by atoms with Crippen molar-refractivity contribution in [3.8, 4) is 11.5 Å². The van der Waals surface area contributed by atoms with Crippen LogP contribution in [0.25, 0.3) is 0 Å². The molecule has 4 atom stereocenters. The van der Waals surface area contributed by atoms with Crippen LogP contribution >= 0.6 is 42.2 Å². The molecule has 62 heavy (non-hydrogen) atoms. The summed E-state index contributed by atoms with van der Waals surface area (Å²) in [4.78, 5) is 44.3. The number of unbranched alkanes of at least 4 members (excludes halogenated alkanes) is 2. The number of halogens is 1. The maximum atomic E-state index is 12.9. The van der Waals surface area contributed by atoms with Gasteiger partial charge in [-0.25, -0.2) is 9.59 Å². The SMILES string of the molecule is CCCCC(CC)COC(=O)c1ccc(Nc2nc(NCCC[Si](C)(OSC(C)I(C)C)OS(C)(C)C)nc(Nc3ccc(C(=O)OCC(CC)CCCC)c(O)c3)n2)cc1O. The van der Waals surface area contributed by atoms with E-state index in [4.69, 9.17) is 17.2 Å². The fourth-order valence-electron chi connectivity index (χ4n) is 6.20. The molecular weight excluding hydrogens is 960 g/mol. The van der Waals surface area contributed by atoms with Crippen LogP contribution in [-0.2, 0) is 17.2 Å². The van der Waals surface area contributed by atoms with Crippen molar-refractivity contribution in [2.24, 2.45) is 11.8 Å². The number of alkyl halides is 3. The Balaban J connectivity index is 1.83. The quantitative estimate of drug-likeness (QED) is 0.0110. The standard InChI is InChI=1S/C44H73IN6O8S2Si/c1-12-16-19-32(14-3)29-56-40(54)36-23-21-34(27-38(36)52)47-43-49-42(46-25-18-26-62(11,59-61(8,9)10)58-60-31(5)45(6)7)50-44(51-43)48-35-22-24-37(39(53)28-35)41(55)57-30-33(15-4)20-17-13-2/h21-24,27-28,31-33,52-53H,12-20,25-26,29-30H2,1-11H3,(H3,46,47,48,49,50,51). The summed E-state index contributed by atoms with van der Waals surface area (Å²) in [5.41, 5.74) is 0.973. The number of carbonyl (C=O) groups is 2. The molecule has 1 heterocycles. The summed E-state index contributed by atoms with van der Waals surface area (Å²) in [6, 6.07) is 9.87. The van der Waals surface area contributed by atoms with Crippen LogP contribution in [0.1, 0.15) is 113 Å². The average molecular weight is 1030 g/mol. The normalized spacial score (nSPS) is 14.5. The summed E-state index contributed by atoms with van der Waals surface area (Å²) in [6.45, 7) is 13.9. The monoisotopic (exact) mass is 1030 g/mol. The third kappa shape index (κ3) is 19.0. The number of aromatic nitrogens is 3. The van der Waals surface area contributed by atoms with E-state index in [1.807, 2.05) is 0 Å². The van der Waals surface area contributed by atoms with Crippen molar-refractivity contribution in [2.75, 3.05) is 64.3 Å². The molecule has 1 aromatic heterocycles. The van der Waals surface area contributed by atoms with Crippen LogP contribution in [0.3, 0.4) is 0 Å². The Morgan fingerprint density at radius 2 is 1.24 bits per heavy atom. The minimum Gasteiger partial charge on any atom is -0.507 e. The van der Waals surface area contributed by atoms with Crippen LogP contribution in [-0.4, -0.2) is 97.3 Å². The van der Waals surface area contributed by atoms with Crippen molar-refractivity contribution in [1.29, 1.82) is 0 Å². The number of carbonyl (C=O) groups excluding carboxylic acids is 2. The van der Waals surface area contributed by atoms with Crippen molar-refractivity contribution in [3.05, 3.63) is 47.5 Å². The first-order valence-electron chi connectivity index (χ1n) is 21.6. The maximum absolute atomic E-state index is 12.9. The number of aromatic hydroxyl groups is 2.